The molecule has 0 atom stereocenters. The van der Waals surface area contributed by atoms with E-state index in [1.807, 2.05) is 17.0 Å². The lowest BCUT2D eigenvalue weighted by molar-refractivity contribution is 0.0969. The van der Waals surface area contributed by atoms with Crippen molar-refractivity contribution in [2.75, 3.05) is 39.3 Å². The molecule has 1 saturated heterocycles. The summed E-state index contributed by atoms with van der Waals surface area (Å²) in [5, 5.41) is 11.9. The zero-order chi connectivity index (χ0) is 18.9. The highest BCUT2D eigenvalue weighted by atomic mass is 32.1. The number of hydrogen-bond donors (Lipinski definition) is 1. The van der Waals surface area contributed by atoms with E-state index in [4.69, 9.17) is 22.2 Å². The Kier molecular flexibility index (Phi) is 7.82. The highest BCUT2D eigenvalue weighted by Gasteiger charge is 2.20. The first-order valence-corrected chi connectivity index (χ1v) is 9.33. The van der Waals surface area contributed by atoms with Gasteiger partial charge < -0.3 is 9.64 Å². The van der Waals surface area contributed by atoms with Crippen molar-refractivity contribution in [3.05, 3.63) is 29.8 Å². The summed E-state index contributed by atoms with van der Waals surface area (Å²) in [6.07, 6.45) is 0.538. The minimum absolute atomic E-state index is 0.225. The second-order valence-corrected chi connectivity index (χ2v) is 7.12. The maximum Gasteiger partial charge on any atom is 0.257 e. The van der Waals surface area contributed by atoms with E-state index in [2.05, 4.69) is 30.1 Å². The van der Waals surface area contributed by atoms with E-state index in [-0.39, 0.29) is 5.91 Å². The molecule has 2 rings (SSSR count). The molecule has 6 nitrogen and oxygen atoms in total. The molecule has 1 amide bonds. The average Bonchev–Trinajstić information content (AvgIpc) is 2.65. The van der Waals surface area contributed by atoms with Crippen LogP contribution in [0.3, 0.4) is 0 Å². The highest BCUT2D eigenvalue weighted by molar-refractivity contribution is 7.80. The number of nitrogens with one attached hydrogen (secondary N) is 1. The molecule has 0 unspecified atom stereocenters. The minimum Gasteiger partial charge on any atom is -0.493 e. The Morgan fingerprint density at radius 1 is 1.35 bits per heavy atom. The fourth-order valence-electron chi connectivity index (χ4n) is 2.62. The monoisotopic (exact) mass is 374 g/mol. The minimum atomic E-state index is -0.225. The standard InChI is InChI=1S/C19H26N4O2S/c1-15(2)14-25-17-6-3-5-16(13-17)18(24)21-19(26)23-11-9-22(10-12-23)8-4-7-20/h3,5-6,13,15H,4,8-12,14H2,1-2H3,(H,21,24,26). The summed E-state index contributed by atoms with van der Waals surface area (Å²) in [5.41, 5.74) is 0.529. The van der Waals surface area contributed by atoms with Crippen LogP contribution < -0.4 is 10.1 Å². The smallest absolute Gasteiger partial charge is 0.257 e. The summed E-state index contributed by atoms with van der Waals surface area (Å²) < 4.78 is 5.67. The molecule has 0 aliphatic carbocycles. The van der Waals surface area contributed by atoms with Crippen LogP contribution in [0.15, 0.2) is 24.3 Å². The van der Waals surface area contributed by atoms with Crippen molar-refractivity contribution >= 4 is 23.2 Å². The maximum atomic E-state index is 12.5. The number of rotatable bonds is 6. The number of carbonyl (C=O) groups is 1. The Morgan fingerprint density at radius 2 is 2.08 bits per heavy atom. The van der Waals surface area contributed by atoms with Crippen LogP contribution in [0.25, 0.3) is 0 Å². The Balaban J connectivity index is 1.85. The predicted molar refractivity (Wildman–Crippen MR) is 105 cm³/mol. The third kappa shape index (κ3) is 6.28. The number of ether oxygens (including phenoxy) is 1. The average molecular weight is 375 g/mol. The highest BCUT2D eigenvalue weighted by Crippen LogP contribution is 2.14. The molecule has 140 valence electrons. The molecule has 0 bridgehead atoms. The number of thiocarbonyl (C=S) groups is 1. The second kappa shape index (κ2) is 10.1. The van der Waals surface area contributed by atoms with Gasteiger partial charge in [-0.3, -0.25) is 15.0 Å². The normalized spacial score (nSPS) is 14.8. The van der Waals surface area contributed by atoms with Gasteiger partial charge in [-0.2, -0.15) is 5.26 Å². The lowest BCUT2D eigenvalue weighted by Gasteiger charge is -2.35. The third-order valence-electron chi connectivity index (χ3n) is 4.10. The van der Waals surface area contributed by atoms with Crippen LogP contribution >= 0.6 is 12.2 Å². The van der Waals surface area contributed by atoms with E-state index in [0.717, 1.165) is 32.7 Å². The molecular weight excluding hydrogens is 348 g/mol. The summed E-state index contributed by atoms with van der Waals surface area (Å²) >= 11 is 5.39. The van der Waals surface area contributed by atoms with Crippen molar-refractivity contribution in [1.29, 1.82) is 5.26 Å². The van der Waals surface area contributed by atoms with Gasteiger partial charge in [0.2, 0.25) is 0 Å². The summed E-state index contributed by atoms with van der Waals surface area (Å²) in [4.78, 5) is 16.7. The largest absolute Gasteiger partial charge is 0.493 e. The fourth-order valence-corrected chi connectivity index (χ4v) is 2.90. The van der Waals surface area contributed by atoms with Gasteiger partial charge in [0, 0.05) is 44.7 Å². The van der Waals surface area contributed by atoms with Crippen molar-refractivity contribution in [2.45, 2.75) is 20.3 Å². The molecule has 1 N–H and O–H groups in total. The van der Waals surface area contributed by atoms with Crippen LogP contribution in [0.1, 0.15) is 30.6 Å². The number of benzene rings is 1. The van der Waals surface area contributed by atoms with Gasteiger partial charge >= 0.3 is 0 Å². The first-order chi connectivity index (χ1) is 12.5. The van der Waals surface area contributed by atoms with Crippen molar-refractivity contribution in [1.82, 2.24) is 15.1 Å². The summed E-state index contributed by atoms with van der Waals surface area (Å²) in [6, 6.07) is 9.30. The molecular formula is C19H26N4O2S. The molecule has 1 aromatic rings. The Labute approximate surface area is 160 Å². The van der Waals surface area contributed by atoms with E-state index >= 15 is 0 Å². The Morgan fingerprint density at radius 3 is 2.73 bits per heavy atom. The van der Waals surface area contributed by atoms with Gasteiger partial charge in [0.25, 0.3) is 5.91 Å². The van der Waals surface area contributed by atoms with Gasteiger partial charge in [0.15, 0.2) is 5.11 Å². The van der Waals surface area contributed by atoms with Gasteiger partial charge in [-0.15, -0.1) is 0 Å². The molecule has 26 heavy (non-hydrogen) atoms. The lowest BCUT2D eigenvalue weighted by atomic mass is 10.2. The first-order valence-electron chi connectivity index (χ1n) is 8.92. The third-order valence-corrected chi connectivity index (χ3v) is 4.46. The molecule has 1 heterocycles. The van der Waals surface area contributed by atoms with E-state index in [0.29, 0.717) is 35.4 Å². The van der Waals surface area contributed by atoms with Gasteiger partial charge in [0.1, 0.15) is 5.75 Å². The van der Waals surface area contributed by atoms with Crippen LogP contribution in [0.4, 0.5) is 0 Å². The Hall–Kier alpha value is -2.17. The SMILES string of the molecule is CC(C)COc1cccc(C(=O)NC(=S)N2CCN(CCC#N)CC2)c1. The van der Waals surface area contributed by atoms with Crippen molar-refractivity contribution in [3.63, 3.8) is 0 Å². The molecule has 7 heteroatoms. The van der Waals surface area contributed by atoms with Gasteiger partial charge in [-0.05, 0) is 36.3 Å². The molecule has 1 aromatic carbocycles. The number of nitrogens with zero attached hydrogens (tertiary/aromatic N) is 3. The van der Waals surface area contributed by atoms with Gasteiger partial charge in [-0.1, -0.05) is 19.9 Å². The van der Waals surface area contributed by atoms with Crippen LogP contribution in [0, 0.1) is 17.2 Å². The molecule has 1 fully saturated rings. The van der Waals surface area contributed by atoms with Crippen LogP contribution in [0.5, 0.6) is 5.75 Å². The summed E-state index contributed by atoms with van der Waals surface area (Å²) in [7, 11) is 0. The maximum absolute atomic E-state index is 12.5. The van der Waals surface area contributed by atoms with E-state index < -0.39 is 0 Å². The number of amides is 1. The molecule has 0 radical (unpaired) electrons. The summed E-state index contributed by atoms with van der Waals surface area (Å²) in [6.45, 7) is 8.74. The zero-order valence-electron chi connectivity index (χ0n) is 15.4. The van der Waals surface area contributed by atoms with Crippen LogP contribution in [-0.2, 0) is 0 Å². The van der Waals surface area contributed by atoms with E-state index in [1.165, 1.54) is 0 Å². The number of carbonyl (C=O) groups excluding carboxylic acids is 1. The quantitative estimate of drug-likeness (QED) is 0.771. The number of nitriles is 1. The number of hydrogen-bond acceptors (Lipinski definition) is 5. The lowest BCUT2D eigenvalue weighted by Crippen LogP contribution is -2.52. The molecule has 0 aromatic heterocycles. The van der Waals surface area contributed by atoms with Crippen LogP contribution in [-0.4, -0.2) is 60.2 Å². The van der Waals surface area contributed by atoms with Crippen LogP contribution in [0.2, 0.25) is 0 Å². The molecule has 0 spiro atoms. The molecule has 1 aliphatic heterocycles. The van der Waals surface area contributed by atoms with E-state index in [1.54, 1.807) is 12.1 Å². The van der Waals surface area contributed by atoms with Gasteiger partial charge in [-0.25, -0.2) is 0 Å². The van der Waals surface area contributed by atoms with Crippen molar-refractivity contribution in [3.8, 4) is 11.8 Å². The fraction of sp³-hybridized carbons (Fsp3) is 0.526. The topological polar surface area (TPSA) is 68.6 Å². The second-order valence-electron chi connectivity index (χ2n) is 6.73. The Bertz CT molecular complexity index is 664. The molecule has 0 saturated carbocycles. The first kappa shape index (κ1) is 20.1. The zero-order valence-corrected chi connectivity index (χ0v) is 16.2. The summed E-state index contributed by atoms with van der Waals surface area (Å²) in [5.74, 6) is 0.882. The van der Waals surface area contributed by atoms with Gasteiger partial charge in [0.05, 0.1) is 12.7 Å². The molecule has 1 aliphatic rings. The van der Waals surface area contributed by atoms with Crippen molar-refractivity contribution in [2.24, 2.45) is 5.92 Å². The predicted octanol–water partition coefficient (Wildman–Crippen LogP) is 2.27. The van der Waals surface area contributed by atoms with Crippen molar-refractivity contribution < 1.29 is 9.53 Å². The number of piperazine rings is 1. The van der Waals surface area contributed by atoms with E-state index in [9.17, 15) is 4.79 Å².